The molecule has 2 rings (SSSR count). The average Bonchev–Trinajstić information content (AvgIpc) is 2.71. The highest BCUT2D eigenvalue weighted by Crippen LogP contribution is 2.24. The van der Waals surface area contributed by atoms with Crippen LogP contribution in [0.5, 0.6) is 5.75 Å². The minimum atomic E-state index is 0.0530. The summed E-state index contributed by atoms with van der Waals surface area (Å²) >= 11 is 0. The molecule has 1 saturated heterocycles. The van der Waals surface area contributed by atoms with Gasteiger partial charge in [-0.25, -0.2) is 0 Å². The summed E-state index contributed by atoms with van der Waals surface area (Å²) in [5.74, 6) is 3.63. The number of methoxy groups -OCH3 is 1. The molecule has 3 nitrogen and oxygen atoms in total. The second-order valence-corrected chi connectivity index (χ2v) is 4.15. The van der Waals surface area contributed by atoms with Crippen LogP contribution < -0.4 is 4.74 Å². The third-order valence-corrected chi connectivity index (χ3v) is 3.00. The summed E-state index contributed by atoms with van der Waals surface area (Å²) in [6, 6.07) is 7.72. The first kappa shape index (κ1) is 11.5. The van der Waals surface area contributed by atoms with Gasteiger partial charge in [-0.3, -0.25) is 4.79 Å². The van der Waals surface area contributed by atoms with Crippen molar-refractivity contribution in [1.82, 2.24) is 4.90 Å². The number of carbonyl (C=O) groups excluding carboxylic acids is 1. The van der Waals surface area contributed by atoms with E-state index in [-0.39, 0.29) is 11.8 Å². The summed E-state index contributed by atoms with van der Waals surface area (Å²) < 4.78 is 5.27. The van der Waals surface area contributed by atoms with Crippen LogP contribution in [0.2, 0.25) is 0 Å². The lowest BCUT2D eigenvalue weighted by Gasteiger charge is -2.17. The summed E-state index contributed by atoms with van der Waals surface area (Å²) in [6.07, 6.45) is 5.82. The Kier molecular flexibility index (Phi) is 3.34. The van der Waals surface area contributed by atoms with Gasteiger partial charge < -0.3 is 9.64 Å². The van der Waals surface area contributed by atoms with Gasteiger partial charge in [0.2, 0.25) is 5.91 Å². The largest absolute Gasteiger partial charge is 0.496 e. The highest BCUT2D eigenvalue weighted by Gasteiger charge is 2.28. The van der Waals surface area contributed by atoms with Crippen molar-refractivity contribution >= 4 is 5.91 Å². The van der Waals surface area contributed by atoms with E-state index >= 15 is 0 Å². The Labute approximate surface area is 101 Å². The first-order chi connectivity index (χ1) is 8.24. The third-order valence-electron chi connectivity index (χ3n) is 3.00. The highest BCUT2D eigenvalue weighted by atomic mass is 16.5. The first-order valence-electron chi connectivity index (χ1n) is 5.60. The van der Waals surface area contributed by atoms with Gasteiger partial charge in [0.25, 0.3) is 0 Å². The maximum Gasteiger partial charge on any atom is 0.224 e. The van der Waals surface area contributed by atoms with Gasteiger partial charge in [0.15, 0.2) is 0 Å². The maximum absolute atomic E-state index is 11.7. The molecule has 3 heteroatoms. The van der Waals surface area contributed by atoms with E-state index in [1.165, 1.54) is 0 Å². The van der Waals surface area contributed by atoms with E-state index < -0.39 is 0 Å². The smallest absolute Gasteiger partial charge is 0.224 e. The number of para-hydroxylation sites is 1. The Morgan fingerprint density at radius 1 is 1.53 bits per heavy atom. The van der Waals surface area contributed by atoms with Crippen molar-refractivity contribution in [3.05, 3.63) is 29.8 Å². The molecular formula is C14H15NO2. The molecule has 1 heterocycles. The van der Waals surface area contributed by atoms with Gasteiger partial charge in [0.1, 0.15) is 5.75 Å². The molecule has 88 valence electrons. The van der Waals surface area contributed by atoms with Crippen LogP contribution >= 0.6 is 0 Å². The number of terminal acetylenes is 1. The minimum Gasteiger partial charge on any atom is -0.496 e. The number of hydrogen-bond donors (Lipinski definition) is 0. The van der Waals surface area contributed by atoms with Crippen LogP contribution in [-0.2, 0) is 11.3 Å². The van der Waals surface area contributed by atoms with Crippen molar-refractivity contribution in [1.29, 1.82) is 0 Å². The predicted octanol–water partition coefficient (Wildman–Crippen LogP) is 1.68. The summed E-state index contributed by atoms with van der Waals surface area (Å²) in [5.41, 5.74) is 1.01. The SMILES string of the molecule is C#CC1CC(=O)N(Cc2ccccc2OC)C1. The second kappa shape index (κ2) is 4.92. The molecule has 0 N–H and O–H groups in total. The fourth-order valence-electron chi connectivity index (χ4n) is 2.08. The fraction of sp³-hybridized carbons (Fsp3) is 0.357. The summed E-state index contributed by atoms with van der Waals surface area (Å²) in [5, 5.41) is 0. The zero-order valence-electron chi connectivity index (χ0n) is 9.85. The normalized spacial score (nSPS) is 19.2. The van der Waals surface area contributed by atoms with Gasteiger partial charge in [-0.1, -0.05) is 18.2 Å². The summed E-state index contributed by atoms with van der Waals surface area (Å²) in [6.45, 7) is 1.22. The molecule has 1 aliphatic heterocycles. The molecule has 0 aliphatic carbocycles. The Bertz CT molecular complexity index is 462. The molecule has 1 atom stereocenters. The molecule has 1 aromatic carbocycles. The van der Waals surface area contributed by atoms with E-state index in [0.717, 1.165) is 11.3 Å². The van der Waals surface area contributed by atoms with E-state index in [0.29, 0.717) is 19.5 Å². The molecule has 0 bridgehead atoms. The van der Waals surface area contributed by atoms with E-state index in [9.17, 15) is 4.79 Å². The quantitative estimate of drug-likeness (QED) is 0.738. The zero-order valence-corrected chi connectivity index (χ0v) is 9.85. The van der Waals surface area contributed by atoms with Crippen LogP contribution in [0.1, 0.15) is 12.0 Å². The van der Waals surface area contributed by atoms with Gasteiger partial charge >= 0.3 is 0 Å². The number of carbonyl (C=O) groups is 1. The number of rotatable bonds is 3. The molecule has 1 fully saturated rings. The Morgan fingerprint density at radius 2 is 2.29 bits per heavy atom. The van der Waals surface area contributed by atoms with E-state index in [1.54, 1.807) is 12.0 Å². The van der Waals surface area contributed by atoms with Crippen molar-refractivity contribution in [3.63, 3.8) is 0 Å². The van der Waals surface area contributed by atoms with Gasteiger partial charge in [0, 0.05) is 31.0 Å². The van der Waals surface area contributed by atoms with Crippen molar-refractivity contribution in [3.8, 4) is 18.1 Å². The number of likely N-dealkylation sites (tertiary alicyclic amines) is 1. The average molecular weight is 229 g/mol. The fourth-order valence-corrected chi connectivity index (χ4v) is 2.08. The van der Waals surface area contributed by atoms with Crippen molar-refractivity contribution in [2.24, 2.45) is 5.92 Å². The van der Waals surface area contributed by atoms with Crippen LogP contribution in [0.15, 0.2) is 24.3 Å². The molecule has 17 heavy (non-hydrogen) atoms. The van der Waals surface area contributed by atoms with Crippen LogP contribution in [0.4, 0.5) is 0 Å². The lowest BCUT2D eigenvalue weighted by Crippen LogP contribution is -2.24. The molecular weight excluding hydrogens is 214 g/mol. The molecule has 1 aliphatic rings. The molecule has 1 amide bonds. The highest BCUT2D eigenvalue weighted by molar-refractivity contribution is 5.79. The minimum absolute atomic E-state index is 0.0530. The number of benzene rings is 1. The first-order valence-corrected chi connectivity index (χ1v) is 5.60. The number of hydrogen-bond acceptors (Lipinski definition) is 2. The van der Waals surface area contributed by atoms with Gasteiger partial charge in [0.05, 0.1) is 7.11 Å². The lowest BCUT2D eigenvalue weighted by atomic mass is 10.1. The maximum atomic E-state index is 11.7. The standard InChI is InChI=1S/C14H15NO2/c1-3-11-8-14(16)15(9-11)10-12-6-4-5-7-13(12)17-2/h1,4-7,11H,8-10H2,2H3. The zero-order chi connectivity index (χ0) is 12.3. The summed E-state index contributed by atoms with van der Waals surface area (Å²) in [7, 11) is 1.63. The van der Waals surface area contributed by atoms with Crippen LogP contribution in [0.3, 0.4) is 0 Å². The third kappa shape index (κ3) is 2.42. The van der Waals surface area contributed by atoms with Crippen molar-refractivity contribution < 1.29 is 9.53 Å². The molecule has 1 aromatic rings. The van der Waals surface area contributed by atoms with E-state index in [2.05, 4.69) is 5.92 Å². The Balaban J connectivity index is 2.11. The lowest BCUT2D eigenvalue weighted by molar-refractivity contribution is -0.128. The number of amides is 1. The second-order valence-electron chi connectivity index (χ2n) is 4.15. The Morgan fingerprint density at radius 3 is 2.94 bits per heavy atom. The van der Waals surface area contributed by atoms with Crippen LogP contribution in [0, 0.1) is 18.3 Å². The molecule has 0 aromatic heterocycles. The van der Waals surface area contributed by atoms with Crippen molar-refractivity contribution in [2.45, 2.75) is 13.0 Å². The van der Waals surface area contributed by atoms with Crippen LogP contribution in [0.25, 0.3) is 0 Å². The monoisotopic (exact) mass is 229 g/mol. The van der Waals surface area contributed by atoms with Crippen LogP contribution in [-0.4, -0.2) is 24.5 Å². The number of nitrogens with zero attached hydrogens (tertiary/aromatic N) is 1. The molecule has 0 spiro atoms. The van der Waals surface area contributed by atoms with Gasteiger partial charge in [-0.15, -0.1) is 12.3 Å². The van der Waals surface area contributed by atoms with Crippen molar-refractivity contribution in [2.75, 3.05) is 13.7 Å². The predicted molar refractivity (Wildman–Crippen MR) is 65.4 cm³/mol. The van der Waals surface area contributed by atoms with E-state index in [1.807, 2.05) is 24.3 Å². The molecule has 0 radical (unpaired) electrons. The molecule has 0 saturated carbocycles. The number of ether oxygens (including phenoxy) is 1. The van der Waals surface area contributed by atoms with E-state index in [4.69, 9.17) is 11.2 Å². The van der Waals surface area contributed by atoms with Gasteiger partial charge in [-0.2, -0.15) is 0 Å². The summed E-state index contributed by atoms with van der Waals surface area (Å²) in [4.78, 5) is 13.5. The Hall–Kier alpha value is -1.95. The van der Waals surface area contributed by atoms with Gasteiger partial charge in [-0.05, 0) is 6.07 Å². The topological polar surface area (TPSA) is 29.5 Å². The molecule has 1 unspecified atom stereocenters.